The van der Waals surface area contributed by atoms with Gasteiger partial charge in [-0.25, -0.2) is 0 Å². The molecule has 3 rings (SSSR count). The van der Waals surface area contributed by atoms with Crippen molar-refractivity contribution >= 4 is 11.7 Å². The van der Waals surface area contributed by atoms with E-state index in [2.05, 4.69) is 0 Å². The van der Waals surface area contributed by atoms with E-state index in [4.69, 9.17) is 9.47 Å². The Morgan fingerprint density at radius 2 is 1.66 bits per heavy atom. The first-order valence-corrected chi connectivity index (χ1v) is 9.63. The van der Waals surface area contributed by atoms with Gasteiger partial charge in [0.25, 0.3) is 5.91 Å². The molecule has 2 aromatic carbocycles. The highest BCUT2D eigenvalue weighted by Crippen LogP contribution is 2.39. The largest absolute Gasteiger partial charge is 0.503 e. The van der Waals surface area contributed by atoms with Gasteiger partial charge in [0.05, 0.1) is 25.3 Å². The molecule has 0 spiro atoms. The van der Waals surface area contributed by atoms with Gasteiger partial charge in [-0.3, -0.25) is 9.59 Å². The van der Waals surface area contributed by atoms with E-state index in [0.717, 1.165) is 16.9 Å². The third kappa shape index (κ3) is 4.11. The van der Waals surface area contributed by atoms with Crippen LogP contribution < -0.4 is 9.47 Å². The van der Waals surface area contributed by atoms with Gasteiger partial charge in [-0.05, 0) is 42.3 Å². The molecule has 0 aliphatic carbocycles. The maximum Gasteiger partial charge on any atom is 0.290 e. The lowest BCUT2D eigenvalue weighted by Crippen LogP contribution is -2.30. The molecule has 29 heavy (non-hydrogen) atoms. The smallest absolute Gasteiger partial charge is 0.290 e. The molecular formula is C23H25NO5. The molecule has 0 fully saturated rings. The molecule has 1 amide bonds. The molecule has 1 aliphatic heterocycles. The number of carbonyl (C=O) groups excluding carboxylic acids is 2. The predicted octanol–water partition coefficient (Wildman–Crippen LogP) is 3.97. The SMILES string of the molecule is CCOc1ccc(CN2C(=O)C(O)=C(C(=O)CC)C2c2ccc(OC)cc2)cc1. The summed E-state index contributed by atoms with van der Waals surface area (Å²) in [5.74, 6) is 0.164. The van der Waals surface area contributed by atoms with Gasteiger partial charge < -0.3 is 19.5 Å². The summed E-state index contributed by atoms with van der Waals surface area (Å²) >= 11 is 0. The van der Waals surface area contributed by atoms with Crippen LogP contribution in [0.3, 0.4) is 0 Å². The quantitative estimate of drug-likeness (QED) is 0.732. The molecule has 6 heteroatoms. The van der Waals surface area contributed by atoms with Crippen molar-refractivity contribution in [1.82, 2.24) is 4.90 Å². The van der Waals surface area contributed by atoms with Crippen LogP contribution in [0, 0.1) is 0 Å². The van der Waals surface area contributed by atoms with Crippen molar-refractivity contribution in [2.75, 3.05) is 13.7 Å². The van der Waals surface area contributed by atoms with E-state index in [1.54, 1.807) is 26.2 Å². The number of nitrogens with zero attached hydrogens (tertiary/aromatic N) is 1. The van der Waals surface area contributed by atoms with Crippen molar-refractivity contribution in [2.45, 2.75) is 32.9 Å². The van der Waals surface area contributed by atoms with E-state index in [9.17, 15) is 14.7 Å². The van der Waals surface area contributed by atoms with Crippen molar-refractivity contribution in [3.05, 3.63) is 71.0 Å². The van der Waals surface area contributed by atoms with Crippen molar-refractivity contribution in [2.24, 2.45) is 0 Å². The molecule has 0 saturated heterocycles. The average molecular weight is 395 g/mol. The highest BCUT2D eigenvalue weighted by atomic mass is 16.5. The van der Waals surface area contributed by atoms with Crippen LogP contribution in [0.4, 0.5) is 0 Å². The second-order valence-corrected chi connectivity index (χ2v) is 6.72. The summed E-state index contributed by atoms with van der Waals surface area (Å²) in [5.41, 5.74) is 1.76. The number of carbonyl (C=O) groups is 2. The first-order chi connectivity index (χ1) is 14.0. The normalized spacial score (nSPS) is 16.3. The summed E-state index contributed by atoms with van der Waals surface area (Å²) in [7, 11) is 1.57. The number of ketones is 1. The number of hydrogen-bond donors (Lipinski definition) is 1. The fourth-order valence-electron chi connectivity index (χ4n) is 3.48. The number of hydrogen-bond acceptors (Lipinski definition) is 5. The molecule has 6 nitrogen and oxygen atoms in total. The third-order valence-electron chi connectivity index (χ3n) is 4.94. The molecule has 1 atom stereocenters. The molecule has 152 valence electrons. The van der Waals surface area contributed by atoms with E-state index in [-0.39, 0.29) is 24.3 Å². The van der Waals surface area contributed by atoms with Gasteiger partial charge in [0.2, 0.25) is 0 Å². The summed E-state index contributed by atoms with van der Waals surface area (Å²) in [6.45, 7) is 4.46. The summed E-state index contributed by atoms with van der Waals surface area (Å²) in [6.07, 6.45) is 0.205. The minimum absolute atomic E-state index is 0.147. The molecule has 0 bridgehead atoms. The van der Waals surface area contributed by atoms with E-state index in [1.807, 2.05) is 43.3 Å². The Bertz CT molecular complexity index is 915. The van der Waals surface area contributed by atoms with Gasteiger partial charge in [0.15, 0.2) is 11.5 Å². The van der Waals surface area contributed by atoms with E-state index < -0.39 is 17.7 Å². The molecular weight excluding hydrogens is 370 g/mol. The van der Waals surface area contributed by atoms with Crippen molar-refractivity contribution in [1.29, 1.82) is 0 Å². The second-order valence-electron chi connectivity index (χ2n) is 6.72. The number of benzene rings is 2. The molecule has 0 radical (unpaired) electrons. The summed E-state index contributed by atoms with van der Waals surface area (Å²) in [6, 6.07) is 14.0. The van der Waals surface area contributed by atoms with Crippen LogP contribution >= 0.6 is 0 Å². The summed E-state index contributed by atoms with van der Waals surface area (Å²) in [4.78, 5) is 26.9. The topological polar surface area (TPSA) is 76.1 Å². The first-order valence-electron chi connectivity index (χ1n) is 9.63. The molecule has 1 heterocycles. The van der Waals surface area contributed by atoms with E-state index in [0.29, 0.717) is 12.4 Å². The number of rotatable bonds is 8. The Labute approximate surface area is 170 Å². The minimum atomic E-state index is -0.646. The van der Waals surface area contributed by atoms with Gasteiger partial charge in [0, 0.05) is 13.0 Å². The fraction of sp³-hybridized carbons (Fsp3) is 0.304. The first kappa shape index (κ1) is 20.5. The maximum atomic E-state index is 12.8. The standard InChI is InChI=1S/C23H25NO5/c1-4-19(25)20-21(16-8-12-17(28-3)13-9-16)24(23(27)22(20)26)14-15-6-10-18(11-7-15)29-5-2/h6-13,21,26H,4-5,14H2,1-3H3. The zero-order valence-corrected chi connectivity index (χ0v) is 16.8. The van der Waals surface area contributed by atoms with Crippen LogP contribution in [-0.2, 0) is 16.1 Å². The molecule has 1 unspecified atom stereocenters. The third-order valence-corrected chi connectivity index (χ3v) is 4.94. The zero-order valence-electron chi connectivity index (χ0n) is 16.8. The molecule has 0 saturated carbocycles. The number of amides is 1. The van der Waals surface area contributed by atoms with Gasteiger partial charge in [0.1, 0.15) is 11.5 Å². The van der Waals surface area contributed by atoms with Gasteiger partial charge in [-0.1, -0.05) is 31.2 Å². The lowest BCUT2D eigenvalue weighted by Gasteiger charge is -2.27. The highest BCUT2D eigenvalue weighted by Gasteiger charge is 2.42. The van der Waals surface area contributed by atoms with Crippen molar-refractivity contribution in [3.63, 3.8) is 0 Å². The van der Waals surface area contributed by atoms with Crippen molar-refractivity contribution < 1.29 is 24.2 Å². The molecule has 2 aromatic rings. The van der Waals surface area contributed by atoms with E-state index in [1.165, 1.54) is 4.90 Å². The van der Waals surface area contributed by atoms with Crippen LogP contribution in [0.25, 0.3) is 0 Å². The molecule has 1 aliphatic rings. The van der Waals surface area contributed by atoms with Crippen molar-refractivity contribution in [3.8, 4) is 11.5 Å². The van der Waals surface area contributed by atoms with Crippen LogP contribution in [0.1, 0.15) is 37.4 Å². The Morgan fingerprint density at radius 1 is 1.03 bits per heavy atom. The van der Waals surface area contributed by atoms with E-state index >= 15 is 0 Å². The Balaban J connectivity index is 1.96. The van der Waals surface area contributed by atoms with Gasteiger partial charge >= 0.3 is 0 Å². The predicted molar refractivity (Wildman–Crippen MR) is 109 cm³/mol. The monoisotopic (exact) mass is 395 g/mol. The number of aliphatic hydroxyl groups is 1. The number of Topliss-reactive ketones (excluding diaryl/α,β-unsaturated/α-hetero) is 1. The van der Waals surface area contributed by atoms with Gasteiger partial charge in [-0.2, -0.15) is 0 Å². The van der Waals surface area contributed by atoms with Crippen LogP contribution in [0.15, 0.2) is 59.9 Å². The lowest BCUT2D eigenvalue weighted by atomic mass is 9.95. The molecule has 0 aromatic heterocycles. The summed E-state index contributed by atoms with van der Waals surface area (Å²) in [5, 5.41) is 10.5. The van der Waals surface area contributed by atoms with Crippen LogP contribution in [0.5, 0.6) is 11.5 Å². The zero-order chi connectivity index (χ0) is 21.0. The molecule has 1 N–H and O–H groups in total. The number of aliphatic hydroxyl groups excluding tert-OH is 1. The lowest BCUT2D eigenvalue weighted by molar-refractivity contribution is -0.130. The Morgan fingerprint density at radius 3 is 2.21 bits per heavy atom. The average Bonchev–Trinajstić information content (AvgIpc) is 2.99. The van der Waals surface area contributed by atoms with Gasteiger partial charge in [-0.15, -0.1) is 0 Å². The maximum absolute atomic E-state index is 12.8. The van der Waals surface area contributed by atoms with Crippen LogP contribution in [-0.4, -0.2) is 35.4 Å². The number of methoxy groups -OCH3 is 1. The highest BCUT2D eigenvalue weighted by molar-refractivity contribution is 6.08. The minimum Gasteiger partial charge on any atom is -0.503 e. The second kappa shape index (κ2) is 8.82. The fourth-order valence-corrected chi connectivity index (χ4v) is 3.48. The Kier molecular flexibility index (Phi) is 6.22. The van der Waals surface area contributed by atoms with Crippen LogP contribution in [0.2, 0.25) is 0 Å². The Hall–Kier alpha value is -3.28. The number of ether oxygens (including phenoxy) is 2. The summed E-state index contributed by atoms with van der Waals surface area (Å²) < 4.78 is 10.7.